The molecule has 0 aromatic carbocycles. The Hall–Kier alpha value is -1.57. The van der Waals surface area contributed by atoms with Gasteiger partial charge in [0.1, 0.15) is 0 Å². The highest BCUT2D eigenvalue weighted by Gasteiger charge is 2.01. The van der Waals surface area contributed by atoms with Gasteiger partial charge in [-0.05, 0) is 51.4 Å². The van der Waals surface area contributed by atoms with Crippen molar-refractivity contribution in [3.8, 4) is 0 Å². The maximum Gasteiger partial charge on any atom is 0.305 e. The molecule has 0 heterocycles. The standard InChI is InChI=1S/C34H60O2/c1-3-5-7-9-11-13-15-17-18-19-20-21-22-24-26-28-30-32-34(35)36-33-31-29-27-25-23-16-14-12-10-8-6-4-2/h11,13,17-18,20-21,24,26H,3-10,12,14-16,19,22-23,25,27-33H2,1-2H3/b13-11-,18-17-,21-20-,26-24-. The summed E-state index contributed by atoms with van der Waals surface area (Å²) in [7, 11) is 0. The maximum atomic E-state index is 11.8. The van der Waals surface area contributed by atoms with E-state index in [2.05, 4.69) is 62.5 Å². The predicted octanol–water partition coefficient (Wildman–Crippen LogP) is 11.4. The van der Waals surface area contributed by atoms with E-state index in [0.29, 0.717) is 13.0 Å². The van der Waals surface area contributed by atoms with Crippen LogP contribution < -0.4 is 0 Å². The summed E-state index contributed by atoms with van der Waals surface area (Å²) in [5.74, 6) is -0.0334. The van der Waals surface area contributed by atoms with Crippen molar-refractivity contribution in [2.24, 2.45) is 0 Å². The van der Waals surface area contributed by atoms with Gasteiger partial charge in [-0.2, -0.15) is 0 Å². The maximum absolute atomic E-state index is 11.8. The van der Waals surface area contributed by atoms with Crippen LogP contribution in [0.5, 0.6) is 0 Å². The number of esters is 1. The van der Waals surface area contributed by atoms with Crippen molar-refractivity contribution >= 4 is 5.97 Å². The van der Waals surface area contributed by atoms with Crippen LogP contribution in [0, 0.1) is 0 Å². The second-order valence-electron chi connectivity index (χ2n) is 10.1. The van der Waals surface area contributed by atoms with E-state index in [1.165, 1.54) is 96.3 Å². The van der Waals surface area contributed by atoms with E-state index < -0.39 is 0 Å². The largest absolute Gasteiger partial charge is 0.466 e. The molecule has 0 saturated carbocycles. The number of hydrogen-bond acceptors (Lipinski definition) is 2. The minimum Gasteiger partial charge on any atom is -0.466 e. The lowest BCUT2D eigenvalue weighted by molar-refractivity contribution is -0.143. The van der Waals surface area contributed by atoms with Gasteiger partial charge in [-0.15, -0.1) is 0 Å². The van der Waals surface area contributed by atoms with Crippen LogP contribution in [0.25, 0.3) is 0 Å². The topological polar surface area (TPSA) is 26.3 Å². The Morgan fingerprint density at radius 1 is 0.472 bits per heavy atom. The van der Waals surface area contributed by atoms with E-state index in [1.807, 2.05) is 0 Å². The molecule has 2 nitrogen and oxygen atoms in total. The van der Waals surface area contributed by atoms with Crippen LogP contribution >= 0.6 is 0 Å². The fourth-order valence-electron chi connectivity index (χ4n) is 4.13. The SMILES string of the molecule is CCCCC/C=C\C/C=C\C/C=C\C/C=C\CCCC(=O)OCCCCCCCCCCCCCC. The zero-order chi connectivity index (χ0) is 26.2. The van der Waals surface area contributed by atoms with Gasteiger partial charge >= 0.3 is 5.97 Å². The quantitative estimate of drug-likeness (QED) is 0.0636. The zero-order valence-electron chi connectivity index (χ0n) is 24.2. The summed E-state index contributed by atoms with van der Waals surface area (Å²) in [5, 5.41) is 0. The molecule has 0 aliphatic heterocycles. The Morgan fingerprint density at radius 2 is 0.861 bits per heavy atom. The van der Waals surface area contributed by atoms with Gasteiger partial charge in [-0.25, -0.2) is 0 Å². The summed E-state index contributed by atoms with van der Waals surface area (Å²) in [5.41, 5.74) is 0. The second-order valence-corrected chi connectivity index (χ2v) is 10.1. The van der Waals surface area contributed by atoms with Gasteiger partial charge in [0.25, 0.3) is 0 Å². The lowest BCUT2D eigenvalue weighted by atomic mass is 10.1. The van der Waals surface area contributed by atoms with Gasteiger partial charge in [0, 0.05) is 6.42 Å². The molecule has 0 aromatic heterocycles. The molecule has 0 aliphatic carbocycles. The molecular formula is C34H60O2. The lowest BCUT2D eigenvalue weighted by Gasteiger charge is -2.05. The van der Waals surface area contributed by atoms with Crippen LogP contribution in [-0.4, -0.2) is 12.6 Å². The van der Waals surface area contributed by atoms with Crippen molar-refractivity contribution in [1.29, 1.82) is 0 Å². The predicted molar refractivity (Wildman–Crippen MR) is 160 cm³/mol. The van der Waals surface area contributed by atoms with E-state index in [-0.39, 0.29) is 5.97 Å². The second kappa shape index (κ2) is 31.5. The van der Waals surface area contributed by atoms with E-state index in [0.717, 1.165) is 38.5 Å². The van der Waals surface area contributed by atoms with Crippen LogP contribution in [0.15, 0.2) is 48.6 Å². The van der Waals surface area contributed by atoms with Crippen molar-refractivity contribution < 1.29 is 9.53 Å². The number of unbranched alkanes of at least 4 members (excludes halogenated alkanes) is 15. The molecule has 208 valence electrons. The number of ether oxygens (including phenoxy) is 1. The van der Waals surface area contributed by atoms with Crippen molar-refractivity contribution in [2.75, 3.05) is 6.61 Å². The van der Waals surface area contributed by atoms with Gasteiger partial charge in [-0.3, -0.25) is 4.79 Å². The van der Waals surface area contributed by atoms with Crippen LogP contribution in [0.4, 0.5) is 0 Å². The molecule has 36 heavy (non-hydrogen) atoms. The normalized spacial score (nSPS) is 12.2. The zero-order valence-corrected chi connectivity index (χ0v) is 24.2. The number of allylic oxidation sites excluding steroid dienone is 8. The molecule has 0 spiro atoms. The molecule has 0 bridgehead atoms. The molecule has 0 rings (SSSR count). The fourth-order valence-corrected chi connectivity index (χ4v) is 4.13. The molecule has 2 heteroatoms. The number of rotatable bonds is 27. The number of carbonyl (C=O) groups is 1. The molecule has 0 aromatic rings. The lowest BCUT2D eigenvalue weighted by Crippen LogP contribution is -2.05. The fraction of sp³-hybridized carbons (Fsp3) is 0.735. The van der Waals surface area contributed by atoms with Crippen molar-refractivity contribution in [3.63, 3.8) is 0 Å². The Balaban J connectivity index is 3.37. The molecular weight excluding hydrogens is 440 g/mol. The summed E-state index contributed by atoms with van der Waals surface area (Å²) in [6, 6.07) is 0. The third kappa shape index (κ3) is 30.5. The Morgan fingerprint density at radius 3 is 1.36 bits per heavy atom. The first kappa shape index (κ1) is 34.4. The van der Waals surface area contributed by atoms with E-state index in [1.54, 1.807) is 0 Å². The highest BCUT2D eigenvalue weighted by molar-refractivity contribution is 5.69. The summed E-state index contributed by atoms with van der Waals surface area (Å²) in [6.07, 6.45) is 44.4. The smallest absolute Gasteiger partial charge is 0.305 e. The minimum absolute atomic E-state index is 0.0334. The molecule has 0 N–H and O–H groups in total. The first-order valence-electron chi connectivity index (χ1n) is 15.6. The molecule has 0 fully saturated rings. The van der Waals surface area contributed by atoms with Crippen molar-refractivity contribution in [1.82, 2.24) is 0 Å². The monoisotopic (exact) mass is 500 g/mol. The molecule has 0 atom stereocenters. The van der Waals surface area contributed by atoms with Gasteiger partial charge in [0.2, 0.25) is 0 Å². The summed E-state index contributed by atoms with van der Waals surface area (Å²) >= 11 is 0. The van der Waals surface area contributed by atoms with Gasteiger partial charge in [0.15, 0.2) is 0 Å². The highest BCUT2D eigenvalue weighted by Crippen LogP contribution is 2.12. The highest BCUT2D eigenvalue weighted by atomic mass is 16.5. The molecule has 0 unspecified atom stereocenters. The minimum atomic E-state index is -0.0334. The third-order valence-electron chi connectivity index (χ3n) is 6.47. The van der Waals surface area contributed by atoms with Crippen LogP contribution in [0.2, 0.25) is 0 Å². The van der Waals surface area contributed by atoms with Gasteiger partial charge in [-0.1, -0.05) is 146 Å². The Kier molecular flexibility index (Phi) is 30.1. The average molecular weight is 501 g/mol. The number of hydrogen-bond donors (Lipinski definition) is 0. The van der Waals surface area contributed by atoms with Crippen LogP contribution in [0.1, 0.15) is 155 Å². The average Bonchev–Trinajstić information content (AvgIpc) is 2.88. The summed E-state index contributed by atoms with van der Waals surface area (Å²) < 4.78 is 5.38. The van der Waals surface area contributed by atoms with E-state index >= 15 is 0 Å². The van der Waals surface area contributed by atoms with Crippen LogP contribution in [-0.2, 0) is 9.53 Å². The first-order chi connectivity index (χ1) is 17.8. The molecule has 0 amide bonds. The van der Waals surface area contributed by atoms with E-state index in [9.17, 15) is 4.79 Å². The number of carbonyl (C=O) groups excluding carboxylic acids is 1. The third-order valence-corrected chi connectivity index (χ3v) is 6.47. The summed E-state index contributed by atoms with van der Waals surface area (Å²) in [4.78, 5) is 11.8. The van der Waals surface area contributed by atoms with E-state index in [4.69, 9.17) is 4.74 Å². The Labute approximate surface area is 225 Å². The molecule has 0 aliphatic rings. The summed E-state index contributed by atoms with van der Waals surface area (Å²) in [6.45, 7) is 5.12. The van der Waals surface area contributed by atoms with Crippen molar-refractivity contribution in [2.45, 2.75) is 155 Å². The van der Waals surface area contributed by atoms with Gasteiger partial charge in [0.05, 0.1) is 6.61 Å². The van der Waals surface area contributed by atoms with Crippen LogP contribution in [0.3, 0.4) is 0 Å². The van der Waals surface area contributed by atoms with Crippen molar-refractivity contribution in [3.05, 3.63) is 48.6 Å². The van der Waals surface area contributed by atoms with Gasteiger partial charge < -0.3 is 4.74 Å². The molecule has 0 saturated heterocycles. The molecule has 0 radical (unpaired) electrons. The Bertz CT molecular complexity index is 556. The first-order valence-corrected chi connectivity index (χ1v) is 15.6.